The maximum absolute atomic E-state index is 4.36. The quantitative estimate of drug-likeness (QED) is 0.849. The molecule has 2 aromatic rings. The van der Waals surface area contributed by atoms with Crippen molar-refractivity contribution in [2.24, 2.45) is 0 Å². The molecule has 0 saturated carbocycles. The SMILES string of the molecule is CC(C)c1cccnc1Nc1ccncc1. The highest BCUT2D eigenvalue weighted by molar-refractivity contribution is 5.59. The van der Waals surface area contributed by atoms with Crippen LogP contribution < -0.4 is 5.32 Å². The van der Waals surface area contributed by atoms with Crippen LogP contribution in [0.4, 0.5) is 11.5 Å². The topological polar surface area (TPSA) is 37.8 Å². The highest BCUT2D eigenvalue weighted by atomic mass is 15.0. The predicted molar refractivity (Wildman–Crippen MR) is 65.8 cm³/mol. The summed E-state index contributed by atoms with van der Waals surface area (Å²) in [7, 11) is 0. The van der Waals surface area contributed by atoms with Gasteiger partial charge >= 0.3 is 0 Å². The zero-order valence-electron chi connectivity index (χ0n) is 9.51. The summed E-state index contributed by atoms with van der Waals surface area (Å²) in [6.45, 7) is 4.32. The van der Waals surface area contributed by atoms with E-state index in [2.05, 4.69) is 35.2 Å². The lowest BCUT2D eigenvalue weighted by Gasteiger charge is -2.12. The molecule has 2 aromatic heterocycles. The molecule has 0 aliphatic heterocycles. The van der Waals surface area contributed by atoms with Crippen molar-refractivity contribution < 1.29 is 0 Å². The van der Waals surface area contributed by atoms with Gasteiger partial charge in [0.2, 0.25) is 0 Å². The fraction of sp³-hybridized carbons (Fsp3) is 0.231. The Morgan fingerprint density at radius 1 is 1.06 bits per heavy atom. The van der Waals surface area contributed by atoms with Gasteiger partial charge in [0.05, 0.1) is 0 Å². The highest BCUT2D eigenvalue weighted by Gasteiger charge is 2.06. The standard InChI is InChI=1S/C13H15N3/c1-10(2)12-4-3-7-15-13(12)16-11-5-8-14-9-6-11/h3-10H,1-2H3,(H,14,15,16). The minimum absolute atomic E-state index is 0.457. The van der Waals surface area contributed by atoms with E-state index in [0.717, 1.165) is 11.5 Å². The van der Waals surface area contributed by atoms with Gasteiger partial charge in [-0.1, -0.05) is 19.9 Å². The summed E-state index contributed by atoms with van der Waals surface area (Å²) in [5, 5.41) is 3.30. The number of anilines is 2. The lowest BCUT2D eigenvalue weighted by Crippen LogP contribution is -2.00. The zero-order valence-corrected chi connectivity index (χ0v) is 9.51. The largest absolute Gasteiger partial charge is 0.340 e. The maximum Gasteiger partial charge on any atom is 0.133 e. The summed E-state index contributed by atoms with van der Waals surface area (Å²) in [4.78, 5) is 8.35. The van der Waals surface area contributed by atoms with E-state index in [1.807, 2.05) is 18.2 Å². The Labute approximate surface area is 95.6 Å². The van der Waals surface area contributed by atoms with E-state index in [0.29, 0.717) is 5.92 Å². The Balaban J connectivity index is 2.28. The number of nitrogens with one attached hydrogen (secondary N) is 1. The van der Waals surface area contributed by atoms with Crippen molar-refractivity contribution in [2.45, 2.75) is 19.8 Å². The van der Waals surface area contributed by atoms with Crippen LogP contribution in [0.5, 0.6) is 0 Å². The summed E-state index contributed by atoms with van der Waals surface area (Å²) in [6, 6.07) is 7.92. The normalized spacial score (nSPS) is 10.4. The van der Waals surface area contributed by atoms with Gasteiger partial charge in [0, 0.05) is 24.3 Å². The molecule has 1 N–H and O–H groups in total. The van der Waals surface area contributed by atoms with Gasteiger partial charge in [0.25, 0.3) is 0 Å². The number of aromatic nitrogens is 2. The number of rotatable bonds is 3. The molecule has 3 nitrogen and oxygen atoms in total. The van der Waals surface area contributed by atoms with E-state index < -0.39 is 0 Å². The van der Waals surface area contributed by atoms with Crippen LogP contribution in [0, 0.1) is 0 Å². The Hall–Kier alpha value is -1.90. The molecule has 16 heavy (non-hydrogen) atoms. The minimum Gasteiger partial charge on any atom is -0.340 e. The summed E-state index contributed by atoms with van der Waals surface area (Å²) >= 11 is 0. The lowest BCUT2D eigenvalue weighted by atomic mass is 10.0. The highest BCUT2D eigenvalue weighted by Crippen LogP contribution is 2.24. The molecule has 0 radical (unpaired) electrons. The Morgan fingerprint density at radius 3 is 2.50 bits per heavy atom. The van der Waals surface area contributed by atoms with E-state index >= 15 is 0 Å². The minimum atomic E-state index is 0.457. The average Bonchev–Trinajstić information content (AvgIpc) is 2.31. The molecule has 0 fully saturated rings. The first-order chi connectivity index (χ1) is 7.77. The van der Waals surface area contributed by atoms with Crippen LogP contribution in [0.25, 0.3) is 0 Å². The molecule has 3 heteroatoms. The predicted octanol–water partition coefficient (Wildman–Crippen LogP) is 3.34. The Bertz CT molecular complexity index is 452. The van der Waals surface area contributed by atoms with E-state index in [9.17, 15) is 0 Å². The second-order valence-electron chi connectivity index (χ2n) is 3.96. The smallest absolute Gasteiger partial charge is 0.133 e. The van der Waals surface area contributed by atoms with Gasteiger partial charge in [-0.2, -0.15) is 0 Å². The summed E-state index contributed by atoms with van der Waals surface area (Å²) in [5.41, 5.74) is 2.23. The molecule has 2 rings (SSSR count). The third-order valence-electron chi connectivity index (χ3n) is 2.40. The van der Waals surface area contributed by atoms with E-state index in [-0.39, 0.29) is 0 Å². The van der Waals surface area contributed by atoms with Gasteiger partial charge in [-0.05, 0) is 29.7 Å². The Morgan fingerprint density at radius 2 is 1.81 bits per heavy atom. The van der Waals surface area contributed by atoms with Gasteiger partial charge in [-0.3, -0.25) is 4.98 Å². The molecule has 82 valence electrons. The third kappa shape index (κ3) is 2.37. The van der Waals surface area contributed by atoms with Crippen molar-refractivity contribution in [2.75, 3.05) is 5.32 Å². The number of hydrogen-bond donors (Lipinski definition) is 1. The van der Waals surface area contributed by atoms with Gasteiger partial charge in [-0.15, -0.1) is 0 Å². The van der Waals surface area contributed by atoms with Crippen molar-refractivity contribution >= 4 is 11.5 Å². The van der Waals surface area contributed by atoms with Crippen molar-refractivity contribution in [3.63, 3.8) is 0 Å². The lowest BCUT2D eigenvalue weighted by molar-refractivity contribution is 0.861. The van der Waals surface area contributed by atoms with Gasteiger partial charge in [0.15, 0.2) is 0 Å². The second-order valence-corrected chi connectivity index (χ2v) is 3.96. The van der Waals surface area contributed by atoms with Gasteiger partial charge < -0.3 is 5.32 Å². The summed E-state index contributed by atoms with van der Waals surface area (Å²) in [5.74, 6) is 1.38. The molecule has 0 aliphatic carbocycles. The molecule has 0 aromatic carbocycles. The van der Waals surface area contributed by atoms with E-state index in [1.165, 1.54) is 5.56 Å². The molecular formula is C13H15N3. The fourth-order valence-corrected chi connectivity index (χ4v) is 1.56. The first-order valence-corrected chi connectivity index (χ1v) is 5.39. The molecule has 0 bridgehead atoms. The molecule has 2 heterocycles. The maximum atomic E-state index is 4.36. The first kappa shape index (κ1) is 10.6. The van der Waals surface area contributed by atoms with Gasteiger partial charge in [-0.25, -0.2) is 4.98 Å². The van der Waals surface area contributed by atoms with Crippen LogP contribution in [0.15, 0.2) is 42.9 Å². The van der Waals surface area contributed by atoms with E-state index in [1.54, 1.807) is 18.6 Å². The molecule has 0 aliphatic rings. The molecule has 0 atom stereocenters. The number of nitrogens with zero attached hydrogens (tertiary/aromatic N) is 2. The van der Waals surface area contributed by atoms with Crippen molar-refractivity contribution in [1.82, 2.24) is 9.97 Å². The third-order valence-corrected chi connectivity index (χ3v) is 2.40. The van der Waals surface area contributed by atoms with Crippen LogP contribution in [0.3, 0.4) is 0 Å². The van der Waals surface area contributed by atoms with Crippen LogP contribution in [-0.2, 0) is 0 Å². The number of pyridine rings is 2. The summed E-state index contributed by atoms with van der Waals surface area (Å²) < 4.78 is 0. The average molecular weight is 213 g/mol. The fourth-order valence-electron chi connectivity index (χ4n) is 1.56. The molecular weight excluding hydrogens is 198 g/mol. The monoisotopic (exact) mass is 213 g/mol. The van der Waals surface area contributed by atoms with Crippen LogP contribution in [-0.4, -0.2) is 9.97 Å². The van der Waals surface area contributed by atoms with Crippen LogP contribution in [0.1, 0.15) is 25.3 Å². The van der Waals surface area contributed by atoms with Crippen molar-refractivity contribution in [3.8, 4) is 0 Å². The molecule has 0 spiro atoms. The van der Waals surface area contributed by atoms with Crippen molar-refractivity contribution in [1.29, 1.82) is 0 Å². The molecule has 0 saturated heterocycles. The van der Waals surface area contributed by atoms with E-state index in [4.69, 9.17) is 0 Å². The Kier molecular flexibility index (Phi) is 3.15. The summed E-state index contributed by atoms with van der Waals surface area (Å²) in [6.07, 6.45) is 5.33. The number of hydrogen-bond acceptors (Lipinski definition) is 3. The van der Waals surface area contributed by atoms with Crippen LogP contribution in [0.2, 0.25) is 0 Å². The molecule has 0 amide bonds. The second kappa shape index (κ2) is 4.75. The molecule has 0 unspecified atom stereocenters. The van der Waals surface area contributed by atoms with Gasteiger partial charge in [0.1, 0.15) is 5.82 Å². The first-order valence-electron chi connectivity index (χ1n) is 5.39. The zero-order chi connectivity index (χ0) is 11.4. The van der Waals surface area contributed by atoms with Crippen molar-refractivity contribution in [3.05, 3.63) is 48.4 Å². The van der Waals surface area contributed by atoms with Crippen LogP contribution >= 0.6 is 0 Å².